The molecule has 2 aromatic rings. The third kappa shape index (κ3) is 2.58. The molecule has 2 rings (SSSR count). The Hall–Kier alpha value is -1.72. The van der Waals surface area contributed by atoms with Crippen molar-refractivity contribution in [2.45, 2.75) is 6.43 Å². The third-order valence-corrected chi connectivity index (χ3v) is 2.71. The zero-order valence-corrected chi connectivity index (χ0v) is 9.42. The average Bonchev–Trinajstić information content (AvgIpc) is 2.39. The van der Waals surface area contributed by atoms with Crippen LogP contribution in [0.1, 0.15) is 12.0 Å². The van der Waals surface area contributed by atoms with Gasteiger partial charge >= 0.3 is 7.12 Å². The number of rotatable bonds is 3. The third-order valence-electron chi connectivity index (χ3n) is 2.71. The summed E-state index contributed by atoms with van der Waals surface area (Å²) in [4.78, 5) is 0. The highest BCUT2D eigenvalue weighted by molar-refractivity contribution is 6.59. The first-order valence-electron chi connectivity index (χ1n) is 5.43. The Kier molecular flexibility index (Phi) is 3.74. The number of benzene rings is 2. The summed E-state index contributed by atoms with van der Waals surface area (Å²) in [5, 5.41) is 18.3. The Morgan fingerprint density at radius 2 is 1.56 bits per heavy atom. The molecule has 0 aliphatic carbocycles. The summed E-state index contributed by atoms with van der Waals surface area (Å²) in [5.41, 5.74) is 0.986. The van der Waals surface area contributed by atoms with Gasteiger partial charge in [0.15, 0.2) is 0 Å². The highest BCUT2D eigenvalue weighted by Gasteiger charge is 2.22. The summed E-state index contributed by atoms with van der Waals surface area (Å²) in [6.45, 7) is 0. The molecule has 0 saturated heterocycles. The highest BCUT2D eigenvalue weighted by Crippen LogP contribution is 2.23. The molecule has 0 saturated carbocycles. The molecular weight excluding hydrogens is 237 g/mol. The average molecular weight is 248 g/mol. The topological polar surface area (TPSA) is 40.5 Å². The lowest BCUT2D eigenvalue weighted by Gasteiger charge is -2.10. The van der Waals surface area contributed by atoms with Crippen LogP contribution in [-0.4, -0.2) is 17.2 Å². The summed E-state index contributed by atoms with van der Waals surface area (Å²) in [5.74, 6) is 0. The monoisotopic (exact) mass is 248 g/mol. The smallest absolute Gasteiger partial charge is 0.423 e. The number of hydrogen-bond acceptors (Lipinski definition) is 2. The lowest BCUT2D eigenvalue weighted by Crippen LogP contribution is -2.33. The molecule has 0 amide bonds. The second kappa shape index (κ2) is 5.29. The van der Waals surface area contributed by atoms with Crippen LogP contribution >= 0.6 is 0 Å². The standard InChI is InChI=1S/C13H11BF2O2/c15-13(16)11-7-6-10(8-12(11)14(17)18)9-4-2-1-3-5-9/h1-8,13,17-18H. The molecule has 0 unspecified atom stereocenters. The van der Waals surface area contributed by atoms with E-state index >= 15 is 0 Å². The molecule has 0 spiro atoms. The fourth-order valence-corrected chi connectivity index (χ4v) is 1.81. The van der Waals surface area contributed by atoms with Crippen molar-refractivity contribution in [2.75, 3.05) is 0 Å². The predicted octanol–water partition coefficient (Wildman–Crippen LogP) is 1.97. The maximum Gasteiger partial charge on any atom is 0.488 e. The maximum atomic E-state index is 12.7. The van der Waals surface area contributed by atoms with Gasteiger partial charge in [0, 0.05) is 5.56 Å². The molecular formula is C13H11BF2O2. The molecule has 2 N–H and O–H groups in total. The minimum atomic E-state index is -2.73. The molecule has 2 nitrogen and oxygen atoms in total. The van der Waals surface area contributed by atoms with Crippen molar-refractivity contribution in [2.24, 2.45) is 0 Å². The van der Waals surface area contributed by atoms with Crippen LogP contribution in [0.3, 0.4) is 0 Å². The van der Waals surface area contributed by atoms with Crippen LogP contribution in [-0.2, 0) is 0 Å². The van der Waals surface area contributed by atoms with Gasteiger partial charge < -0.3 is 10.0 Å². The van der Waals surface area contributed by atoms with E-state index in [0.717, 1.165) is 5.56 Å². The van der Waals surface area contributed by atoms with Crippen LogP contribution in [0.2, 0.25) is 0 Å². The molecule has 18 heavy (non-hydrogen) atoms. The van der Waals surface area contributed by atoms with E-state index < -0.39 is 13.5 Å². The minimum absolute atomic E-state index is 0.161. The van der Waals surface area contributed by atoms with Crippen LogP contribution in [0.4, 0.5) is 8.78 Å². The van der Waals surface area contributed by atoms with E-state index in [0.29, 0.717) is 5.56 Å². The molecule has 0 fully saturated rings. The zero-order valence-electron chi connectivity index (χ0n) is 9.42. The van der Waals surface area contributed by atoms with Gasteiger partial charge in [-0.1, -0.05) is 48.5 Å². The Bertz CT molecular complexity index is 530. The molecule has 0 atom stereocenters. The van der Waals surface area contributed by atoms with Crippen LogP contribution in [0, 0.1) is 0 Å². The van der Waals surface area contributed by atoms with Gasteiger partial charge in [-0.3, -0.25) is 0 Å². The van der Waals surface area contributed by atoms with Crippen molar-refractivity contribution < 1.29 is 18.8 Å². The number of alkyl halides is 2. The first-order valence-corrected chi connectivity index (χ1v) is 5.43. The molecule has 2 aromatic carbocycles. The van der Waals surface area contributed by atoms with Gasteiger partial charge in [-0.2, -0.15) is 0 Å². The van der Waals surface area contributed by atoms with E-state index in [4.69, 9.17) is 10.0 Å². The van der Waals surface area contributed by atoms with Gasteiger partial charge in [0.1, 0.15) is 0 Å². The van der Waals surface area contributed by atoms with Crippen molar-refractivity contribution in [3.63, 3.8) is 0 Å². The first-order chi connectivity index (χ1) is 8.59. The summed E-state index contributed by atoms with van der Waals surface area (Å²) < 4.78 is 25.4. The summed E-state index contributed by atoms with van der Waals surface area (Å²) >= 11 is 0. The largest absolute Gasteiger partial charge is 0.488 e. The quantitative estimate of drug-likeness (QED) is 0.815. The lowest BCUT2D eigenvalue weighted by molar-refractivity contribution is 0.152. The van der Waals surface area contributed by atoms with E-state index in [-0.39, 0.29) is 11.0 Å². The molecule has 0 bridgehead atoms. The SMILES string of the molecule is OB(O)c1cc(-c2ccccc2)ccc1C(F)F. The Morgan fingerprint density at radius 1 is 0.889 bits per heavy atom. The molecule has 0 aliphatic rings. The maximum absolute atomic E-state index is 12.7. The Morgan fingerprint density at radius 3 is 2.11 bits per heavy atom. The molecule has 0 heterocycles. The molecule has 0 aromatic heterocycles. The zero-order chi connectivity index (χ0) is 13.1. The van der Waals surface area contributed by atoms with Crippen LogP contribution < -0.4 is 5.46 Å². The Labute approximate surface area is 104 Å². The van der Waals surface area contributed by atoms with Gasteiger partial charge in [0.25, 0.3) is 6.43 Å². The first kappa shape index (κ1) is 12.7. The van der Waals surface area contributed by atoms with Gasteiger partial charge in [-0.25, -0.2) is 8.78 Å². The lowest BCUT2D eigenvalue weighted by atomic mass is 9.75. The van der Waals surface area contributed by atoms with Gasteiger partial charge in [0.2, 0.25) is 0 Å². The van der Waals surface area contributed by atoms with Crippen molar-refractivity contribution in [3.05, 3.63) is 54.1 Å². The second-order valence-corrected chi connectivity index (χ2v) is 3.88. The van der Waals surface area contributed by atoms with E-state index in [2.05, 4.69) is 0 Å². The Balaban J connectivity index is 2.50. The van der Waals surface area contributed by atoms with Crippen molar-refractivity contribution >= 4 is 12.6 Å². The number of halogens is 2. The van der Waals surface area contributed by atoms with Crippen LogP contribution in [0.5, 0.6) is 0 Å². The van der Waals surface area contributed by atoms with Crippen LogP contribution in [0.25, 0.3) is 11.1 Å². The fraction of sp³-hybridized carbons (Fsp3) is 0.0769. The highest BCUT2D eigenvalue weighted by atomic mass is 19.3. The van der Waals surface area contributed by atoms with Crippen LogP contribution in [0.15, 0.2) is 48.5 Å². The summed E-state index contributed by atoms with van der Waals surface area (Å²) in [7, 11) is -1.90. The predicted molar refractivity (Wildman–Crippen MR) is 66.7 cm³/mol. The second-order valence-electron chi connectivity index (χ2n) is 3.88. The van der Waals surface area contributed by atoms with E-state index in [9.17, 15) is 8.78 Å². The van der Waals surface area contributed by atoms with E-state index in [1.165, 1.54) is 12.1 Å². The van der Waals surface area contributed by atoms with E-state index in [1.807, 2.05) is 30.3 Å². The summed E-state index contributed by atoms with van der Waals surface area (Å²) in [6, 6.07) is 13.3. The summed E-state index contributed by atoms with van der Waals surface area (Å²) in [6.07, 6.45) is -2.73. The van der Waals surface area contributed by atoms with Gasteiger partial charge in [0.05, 0.1) is 0 Å². The van der Waals surface area contributed by atoms with Gasteiger partial charge in [-0.15, -0.1) is 0 Å². The fourth-order valence-electron chi connectivity index (χ4n) is 1.81. The van der Waals surface area contributed by atoms with Crippen molar-refractivity contribution in [1.29, 1.82) is 0 Å². The van der Waals surface area contributed by atoms with Gasteiger partial charge in [-0.05, 0) is 16.6 Å². The van der Waals surface area contributed by atoms with Crippen molar-refractivity contribution in [1.82, 2.24) is 0 Å². The molecule has 0 radical (unpaired) electrons. The van der Waals surface area contributed by atoms with E-state index in [1.54, 1.807) is 6.07 Å². The minimum Gasteiger partial charge on any atom is -0.423 e. The molecule has 5 heteroatoms. The normalized spacial score (nSPS) is 10.7. The number of hydrogen-bond donors (Lipinski definition) is 2. The van der Waals surface area contributed by atoms with Crippen molar-refractivity contribution in [3.8, 4) is 11.1 Å². The molecule has 92 valence electrons. The molecule has 0 aliphatic heterocycles.